The molecular weight excluding hydrogens is 218 g/mol. The molecule has 0 bridgehead atoms. The summed E-state index contributed by atoms with van der Waals surface area (Å²) in [4.78, 5) is 1.29. The van der Waals surface area contributed by atoms with E-state index in [1.54, 1.807) is 18.9 Å². The molecule has 1 aromatic carbocycles. The second-order valence-electron chi connectivity index (χ2n) is 3.75. The Bertz CT molecular complexity index is 305. The molecule has 0 aromatic heterocycles. The number of ether oxygens (including phenoxy) is 1. The zero-order valence-corrected chi connectivity index (χ0v) is 11.4. The number of hydrogen-bond donors (Lipinski definition) is 1. The van der Waals surface area contributed by atoms with Crippen LogP contribution in [-0.2, 0) is 0 Å². The van der Waals surface area contributed by atoms with Crippen LogP contribution in [0.3, 0.4) is 0 Å². The monoisotopic (exact) mass is 239 g/mol. The minimum absolute atomic E-state index is 0.332. The summed E-state index contributed by atoms with van der Waals surface area (Å²) >= 11 is 1.77. The van der Waals surface area contributed by atoms with Gasteiger partial charge in [0.2, 0.25) is 0 Å². The summed E-state index contributed by atoms with van der Waals surface area (Å²) in [5, 5.41) is 3.50. The Kier molecular flexibility index (Phi) is 5.71. The second-order valence-corrected chi connectivity index (χ2v) is 4.60. The minimum atomic E-state index is 0.332. The van der Waals surface area contributed by atoms with Crippen LogP contribution in [0.5, 0.6) is 5.75 Å². The van der Waals surface area contributed by atoms with Crippen molar-refractivity contribution in [3.05, 3.63) is 23.8 Å². The summed E-state index contributed by atoms with van der Waals surface area (Å²) in [6.07, 6.45) is 3.25. The summed E-state index contributed by atoms with van der Waals surface area (Å²) in [6, 6.07) is 6.55. The lowest BCUT2D eigenvalue weighted by molar-refractivity contribution is 0.399. The van der Waals surface area contributed by atoms with E-state index in [0.29, 0.717) is 6.04 Å². The van der Waals surface area contributed by atoms with Gasteiger partial charge in [-0.1, -0.05) is 13.0 Å². The van der Waals surface area contributed by atoms with Crippen LogP contribution in [0.1, 0.15) is 31.9 Å². The van der Waals surface area contributed by atoms with Crippen molar-refractivity contribution in [3.63, 3.8) is 0 Å². The van der Waals surface area contributed by atoms with E-state index in [1.807, 2.05) is 12.1 Å². The van der Waals surface area contributed by atoms with Crippen LogP contribution in [0.2, 0.25) is 0 Å². The van der Waals surface area contributed by atoms with Crippen molar-refractivity contribution in [2.24, 2.45) is 0 Å². The number of thioether (sulfide) groups is 1. The van der Waals surface area contributed by atoms with Gasteiger partial charge in [0.05, 0.1) is 7.11 Å². The fourth-order valence-corrected chi connectivity index (χ4v) is 2.48. The Morgan fingerprint density at radius 2 is 2.19 bits per heavy atom. The largest absolute Gasteiger partial charge is 0.496 e. The number of rotatable bonds is 6. The fraction of sp³-hybridized carbons (Fsp3) is 0.538. The molecule has 1 rings (SSSR count). The molecule has 0 fully saturated rings. The highest BCUT2D eigenvalue weighted by molar-refractivity contribution is 7.98. The highest BCUT2D eigenvalue weighted by atomic mass is 32.2. The van der Waals surface area contributed by atoms with Crippen LogP contribution < -0.4 is 10.1 Å². The van der Waals surface area contributed by atoms with Crippen molar-refractivity contribution in [3.8, 4) is 5.75 Å². The fourth-order valence-electron chi connectivity index (χ4n) is 1.77. The molecule has 0 saturated heterocycles. The third-order valence-corrected chi connectivity index (χ3v) is 3.40. The van der Waals surface area contributed by atoms with Gasteiger partial charge in [-0.25, -0.2) is 0 Å². The predicted molar refractivity (Wildman–Crippen MR) is 71.5 cm³/mol. The standard InChI is InChI=1S/C13H21NOS/c1-5-9-14-10(2)13-11(15-3)7-6-8-12(13)16-4/h6-8,10,14H,5,9H2,1-4H3. The highest BCUT2D eigenvalue weighted by Crippen LogP contribution is 2.33. The molecule has 0 aliphatic heterocycles. The third kappa shape index (κ3) is 3.16. The van der Waals surface area contributed by atoms with Crippen molar-refractivity contribution in [2.45, 2.75) is 31.2 Å². The molecule has 0 saturated carbocycles. The maximum absolute atomic E-state index is 5.44. The van der Waals surface area contributed by atoms with Gasteiger partial charge in [0.1, 0.15) is 5.75 Å². The lowest BCUT2D eigenvalue weighted by Crippen LogP contribution is -2.20. The van der Waals surface area contributed by atoms with E-state index in [9.17, 15) is 0 Å². The van der Waals surface area contributed by atoms with Crippen LogP contribution in [0.4, 0.5) is 0 Å². The summed E-state index contributed by atoms with van der Waals surface area (Å²) in [5.74, 6) is 0.975. The first-order valence-electron chi connectivity index (χ1n) is 5.68. The molecule has 3 heteroatoms. The van der Waals surface area contributed by atoms with Crippen molar-refractivity contribution in [1.82, 2.24) is 5.32 Å². The van der Waals surface area contributed by atoms with Crippen LogP contribution in [0.25, 0.3) is 0 Å². The second kappa shape index (κ2) is 6.81. The van der Waals surface area contributed by atoms with Gasteiger partial charge in [0, 0.05) is 16.5 Å². The van der Waals surface area contributed by atoms with Gasteiger partial charge in [-0.05, 0) is 38.3 Å². The molecule has 16 heavy (non-hydrogen) atoms. The molecule has 1 atom stereocenters. The summed E-state index contributed by atoms with van der Waals surface area (Å²) in [5.41, 5.74) is 1.27. The quantitative estimate of drug-likeness (QED) is 0.768. The number of methoxy groups -OCH3 is 1. The van der Waals surface area contributed by atoms with E-state index in [1.165, 1.54) is 10.5 Å². The maximum atomic E-state index is 5.44. The van der Waals surface area contributed by atoms with Gasteiger partial charge in [-0.2, -0.15) is 0 Å². The van der Waals surface area contributed by atoms with Crippen molar-refractivity contribution in [1.29, 1.82) is 0 Å². The van der Waals surface area contributed by atoms with Gasteiger partial charge in [0.25, 0.3) is 0 Å². The smallest absolute Gasteiger partial charge is 0.124 e. The molecule has 0 heterocycles. The molecule has 0 radical (unpaired) electrons. The van der Waals surface area contributed by atoms with Gasteiger partial charge in [-0.15, -0.1) is 11.8 Å². The topological polar surface area (TPSA) is 21.3 Å². The molecule has 1 N–H and O–H groups in total. The van der Waals surface area contributed by atoms with Crippen LogP contribution in [-0.4, -0.2) is 19.9 Å². The Balaban J connectivity index is 2.97. The van der Waals surface area contributed by atoms with Crippen LogP contribution in [0.15, 0.2) is 23.1 Å². The number of hydrogen-bond acceptors (Lipinski definition) is 3. The van der Waals surface area contributed by atoms with Crippen molar-refractivity contribution in [2.75, 3.05) is 19.9 Å². The first-order chi connectivity index (χ1) is 7.74. The van der Waals surface area contributed by atoms with E-state index in [-0.39, 0.29) is 0 Å². The first kappa shape index (κ1) is 13.4. The van der Waals surface area contributed by atoms with Crippen molar-refractivity contribution >= 4 is 11.8 Å². The normalized spacial score (nSPS) is 12.5. The predicted octanol–water partition coefficient (Wildman–Crippen LogP) is 3.48. The Labute approximate surface area is 103 Å². The molecule has 90 valence electrons. The Morgan fingerprint density at radius 1 is 1.44 bits per heavy atom. The van der Waals surface area contributed by atoms with Crippen molar-refractivity contribution < 1.29 is 4.74 Å². The zero-order chi connectivity index (χ0) is 12.0. The van der Waals surface area contributed by atoms with Gasteiger partial charge in [0.15, 0.2) is 0 Å². The molecular formula is C13H21NOS. The van der Waals surface area contributed by atoms with E-state index in [4.69, 9.17) is 4.74 Å². The Hall–Kier alpha value is -0.670. The van der Waals surface area contributed by atoms with E-state index in [2.05, 4.69) is 31.5 Å². The highest BCUT2D eigenvalue weighted by Gasteiger charge is 2.14. The zero-order valence-electron chi connectivity index (χ0n) is 10.5. The molecule has 2 nitrogen and oxygen atoms in total. The van der Waals surface area contributed by atoms with Gasteiger partial charge in [-0.3, -0.25) is 0 Å². The molecule has 0 amide bonds. The first-order valence-corrected chi connectivity index (χ1v) is 6.91. The van der Waals surface area contributed by atoms with E-state index < -0.39 is 0 Å². The minimum Gasteiger partial charge on any atom is -0.496 e. The van der Waals surface area contributed by atoms with Gasteiger partial charge >= 0.3 is 0 Å². The third-order valence-electron chi connectivity index (χ3n) is 2.60. The molecule has 0 spiro atoms. The lowest BCUT2D eigenvalue weighted by atomic mass is 10.1. The van der Waals surface area contributed by atoms with Crippen LogP contribution in [0, 0.1) is 0 Å². The maximum Gasteiger partial charge on any atom is 0.124 e. The summed E-state index contributed by atoms with van der Waals surface area (Å²) in [6.45, 7) is 5.40. The molecule has 1 unspecified atom stereocenters. The average molecular weight is 239 g/mol. The molecule has 1 aromatic rings. The summed E-state index contributed by atoms with van der Waals surface area (Å²) in [7, 11) is 1.73. The number of benzene rings is 1. The van der Waals surface area contributed by atoms with E-state index >= 15 is 0 Å². The molecule has 0 aliphatic carbocycles. The average Bonchev–Trinajstić information content (AvgIpc) is 2.34. The van der Waals surface area contributed by atoms with Gasteiger partial charge < -0.3 is 10.1 Å². The van der Waals surface area contributed by atoms with E-state index in [0.717, 1.165) is 18.7 Å². The molecule has 0 aliphatic rings. The Morgan fingerprint density at radius 3 is 2.75 bits per heavy atom. The summed E-state index contributed by atoms with van der Waals surface area (Å²) < 4.78 is 5.44. The SMILES string of the molecule is CCCNC(C)c1c(OC)cccc1SC. The van der Waals surface area contributed by atoms with Crippen LogP contribution >= 0.6 is 11.8 Å². The number of nitrogens with one attached hydrogen (secondary N) is 1. The lowest BCUT2D eigenvalue weighted by Gasteiger charge is -2.19.